The van der Waals surface area contributed by atoms with Crippen LogP contribution >= 0.6 is 11.3 Å². The SMILES string of the molecule is Cc1cc(C)c2c(n1)sc1c(=O)n(CC(=O)NCC(=O)N(C)C)cnc12. The zero-order chi connectivity index (χ0) is 19.0. The number of thiophene rings is 1. The third kappa shape index (κ3) is 3.30. The van der Waals surface area contributed by atoms with Crippen molar-refractivity contribution in [3.8, 4) is 0 Å². The van der Waals surface area contributed by atoms with Gasteiger partial charge in [0, 0.05) is 25.2 Å². The van der Waals surface area contributed by atoms with Gasteiger partial charge in [-0.15, -0.1) is 11.3 Å². The Kier molecular flexibility index (Phi) is 4.73. The zero-order valence-electron chi connectivity index (χ0n) is 15.0. The van der Waals surface area contributed by atoms with Crippen molar-refractivity contribution in [3.05, 3.63) is 34.0 Å². The topological polar surface area (TPSA) is 97.2 Å². The molecule has 0 radical (unpaired) electrons. The summed E-state index contributed by atoms with van der Waals surface area (Å²) >= 11 is 1.28. The number of pyridine rings is 1. The first-order chi connectivity index (χ1) is 12.3. The number of carbonyl (C=O) groups excluding carboxylic acids is 2. The van der Waals surface area contributed by atoms with E-state index >= 15 is 0 Å². The fourth-order valence-corrected chi connectivity index (χ4v) is 3.86. The van der Waals surface area contributed by atoms with E-state index in [2.05, 4.69) is 15.3 Å². The van der Waals surface area contributed by atoms with E-state index in [9.17, 15) is 14.4 Å². The number of nitrogens with zero attached hydrogens (tertiary/aromatic N) is 4. The van der Waals surface area contributed by atoms with Crippen LogP contribution in [0.2, 0.25) is 0 Å². The molecule has 3 heterocycles. The summed E-state index contributed by atoms with van der Waals surface area (Å²) in [6, 6.07) is 1.96. The summed E-state index contributed by atoms with van der Waals surface area (Å²) in [5.74, 6) is -0.643. The second-order valence-electron chi connectivity index (χ2n) is 6.28. The average Bonchev–Trinajstić information content (AvgIpc) is 2.94. The van der Waals surface area contributed by atoms with Gasteiger partial charge >= 0.3 is 0 Å². The summed E-state index contributed by atoms with van der Waals surface area (Å²) in [6.45, 7) is 3.57. The molecule has 0 spiro atoms. The van der Waals surface area contributed by atoms with Crippen LogP contribution in [-0.2, 0) is 16.1 Å². The minimum Gasteiger partial charge on any atom is -0.347 e. The minimum atomic E-state index is -0.422. The summed E-state index contributed by atoms with van der Waals surface area (Å²) in [4.78, 5) is 47.3. The van der Waals surface area contributed by atoms with E-state index in [1.54, 1.807) is 14.1 Å². The van der Waals surface area contributed by atoms with Crippen molar-refractivity contribution in [2.24, 2.45) is 0 Å². The minimum absolute atomic E-state index is 0.110. The molecular formula is C17H19N5O3S. The molecule has 0 bridgehead atoms. The summed E-state index contributed by atoms with van der Waals surface area (Å²) in [5.41, 5.74) is 2.22. The van der Waals surface area contributed by atoms with Crippen LogP contribution in [0.25, 0.3) is 20.4 Å². The molecule has 0 aliphatic rings. The van der Waals surface area contributed by atoms with E-state index in [1.165, 1.54) is 27.1 Å². The van der Waals surface area contributed by atoms with Crippen LogP contribution in [0.5, 0.6) is 0 Å². The Morgan fingerprint density at radius 2 is 2.04 bits per heavy atom. The third-order valence-electron chi connectivity index (χ3n) is 3.99. The smallest absolute Gasteiger partial charge is 0.271 e. The van der Waals surface area contributed by atoms with E-state index in [0.29, 0.717) is 10.2 Å². The van der Waals surface area contributed by atoms with Gasteiger partial charge in [-0.1, -0.05) is 0 Å². The number of hydrogen-bond donors (Lipinski definition) is 1. The molecule has 136 valence electrons. The van der Waals surface area contributed by atoms with Crippen molar-refractivity contribution in [2.75, 3.05) is 20.6 Å². The van der Waals surface area contributed by atoms with E-state index in [1.807, 2.05) is 19.9 Å². The van der Waals surface area contributed by atoms with Gasteiger partial charge in [-0.25, -0.2) is 9.97 Å². The van der Waals surface area contributed by atoms with Crippen LogP contribution < -0.4 is 10.9 Å². The Hall–Kier alpha value is -2.81. The van der Waals surface area contributed by atoms with Crippen LogP contribution in [0.1, 0.15) is 11.3 Å². The molecule has 0 aliphatic carbocycles. The number of aromatic nitrogens is 3. The van der Waals surface area contributed by atoms with Gasteiger partial charge in [-0.05, 0) is 25.5 Å². The van der Waals surface area contributed by atoms with Crippen molar-refractivity contribution < 1.29 is 9.59 Å². The Morgan fingerprint density at radius 1 is 1.31 bits per heavy atom. The predicted octanol–water partition coefficient (Wildman–Crippen LogP) is 0.827. The van der Waals surface area contributed by atoms with Gasteiger partial charge in [0.1, 0.15) is 16.1 Å². The van der Waals surface area contributed by atoms with Gasteiger partial charge in [-0.3, -0.25) is 19.0 Å². The first kappa shape index (κ1) is 18.0. The Labute approximate surface area is 153 Å². The van der Waals surface area contributed by atoms with Gasteiger partial charge in [0.05, 0.1) is 18.4 Å². The lowest BCUT2D eigenvalue weighted by atomic mass is 10.1. The predicted molar refractivity (Wildman–Crippen MR) is 100 cm³/mol. The van der Waals surface area contributed by atoms with Crippen LogP contribution in [0, 0.1) is 13.8 Å². The number of rotatable bonds is 4. The lowest BCUT2D eigenvalue weighted by Crippen LogP contribution is -2.39. The molecule has 0 fully saturated rings. The Morgan fingerprint density at radius 3 is 2.73 bits per heavy atom. The van der Waals surface area contributed by atoms with Crippen molar-refractivity contribution in [1.29, 1.82) is 0 Å². The van der Waals surface area contributed by atoms with E-state index < -0.39 is 5.91 Å². The quantitative estimate of drug-likeness (QED) is 0.730. The monoisotopic (exact) mass is 373 g/mol. The van der Waals surface area contributed by atoms with Gasteiger partial charge in [0.25, 0.3) is 5.56 Å². The fraction of sp³-hybridized carbons (Fsp3) is 0.353. The molecule has 3 aromatic heterocycles. The first-order valence-electron chi connectivity index (χ1n) is 8.00. The second-order valence-corrected chi connectivity index (χ2v) is 7.28. The standard InChI is InChI=1S/C17H19N5O3S/c1-9-5-10(2)20-16-13(9)14-15(26-16)17(25)22(8-19-14)7-11(23)18-6-12(24)21(3)4/h5,8H,6-7H2,1-4H3,(H,18,23). The maximum atomic E-state index is 12.7. The number of likely N-dealkylation sites (N-methyl/N-ethyl adjacent to an activating group) is 1. The zero-order valence-corrected chi connectivity index (χ0v) is 15.8. The maximum absolute atomic E-state index is 12.7. The van der Waals surface area contributed by atoms with E-state index in [4.69, 9.17) is 0 Å². The summed E-state index contributed by atoms with van der Waals surface area (Å²) in [7, 11) is 3.21. The number of aryl methyl sites for hydroxylation is 2. The molecule has 8 nitrogen and oxygen atoms in total. The number of carbonyl (C=O) groups is 2. The molecule has 0 unspecified atom stereocenters. The average molecular weight is 373 g/mol. The van der Waals surface area contributed by atoms with Crippen LogP contribution in [0.15, 0.2) is 17.2 Å². The maximum Gasteiger partial charge on any atom is 0.271 e. The highest BCUT2D eigenvalue weighted by molar-refractivity contribution is 7.25. The second kappa shape index (κ2) is 6.83. The number of hydrogen-bond acceptors (Lipinski definition) is 6. The van der Waals surface area contributed by atoms with E-state index in [-0.39, 0.29) is 24.6 Å². The lowest BCUT2D eigenvalue weighted by molar-refractivity contribution is -0.131. The highest BCUT2D eigenvalue weighted by atomic mass is 32.1. The molecule has 0 saturated heterocycles. The first-order valence-corrected chi connectivity index (χ1v) is 8.82. The Balaban J connectivity index is 1.91. The number of amides is 2. The largest absolute Gasteiger partial charge is 0.347 e. The van der Waals surface area contributed by atoms with Crippen LogP contribution in [0.3, 0.4) is 0 Å². The van der Waals surface area contributed by atoms with Crippen molar-refractivity contribution in [3.63, 3.8) is 0 Å². The van der Waals surface area contributed by atoms with Gasteiger partial charge < -0.3 is 10.2 Å². The summed E-state index contributed by atoms with van der Waals surface area (Å²) < 4.78 is 1.72. The van der Waals surface area contributed by atoms with Gasteiger partial charge in [-0.2, -0.15) is 0 Å². The Bertz CT molecular complexity index is 1080. The molecule has 2 amide bonds. The molecule has 3 rings (SSSR count). The molecule has 0 aliphatic heterocycles. The molecular weight excluding hydrogens is 354 g/mol. The number of nitrogens with one attached hydrogen (secondary N) is 1. The van der Waals surface area contributed by atoms with Crippen molar-refractivity contribution in [2.45, 2.75) is 20.4 Å². The molecule has 9 heteroatoms. The molecule has 3 aromatic rings. The van der Waals surface area contributed by atoms with E-state index in [0.717, 1.165) is 21.5 Å². The highest BCUT2D eigenvalue weighted by Crippen LogP contribution is 2.31. The lowest BCUT2D eigenvalue weighted by Gasteiger charge is -2.11. The van der Waals surface area contributed by atoms with Gasteiger partial charge in [0.2, 0.25) is 11.8 Å². The summed E-state index contributed by atoms with van der Waals surface area (Å²) in [6.07, 6.45) is 1.36. The normalized spacial score (nSPS) is 11.1. The number of fused-ring (bicyclic) bond motifs is 3. The molecule has 1 N–H and O–H groups in total. The van der Waals surface area contributed by atoms with Crippen molar-refractivity contribution in [1.82, 2.24) is 24.8 Å². The third-order valence-corrected chi connectivity index (χ3v) is 5.05. The molecule has 26 heavy (non-hydrogen) atoms. The van der Waals surface area contributed by atoms with Crippen molar-refractivity contribution >= 4 is 43.6 Å². The van der Waals surface area contributed by atoms with Crippen LogP contribution in [0.4, 0.5) is 0 Å². The van der Waals surface area contributed by atoms with Crippen LogP contribution in [-0.4, -0.2) is 51.9 Å². The van der Waals surface area contributed by atoms with Gasteiger partial charge in [0.15, 0.2) is 0 Å². The highest BCUT2D eigenvalue weighted by Gasteiger charge is 2.16. The molecule has 0 atom stereocenters. The summed E-state index contributed by atoms with van der Waals surface area (Å²) in [5, 5.41) is 3.38. The molecule has 0 saturated carbocycles. The fourth-order valence-electron chi connectivity index (χ4n) is 2.66. The molecule has 0 aromatic carbocycles.